The first-order valence-corrected chi connectivity index (χ1v) is 21.1. The van der Waals surface area contributed by atoms with Gasteiger partial charge in [-0.2, -0.15) is 0 Å². The number of phenols is 2. The minimum absolute atomic E-state index is 0. The maximum Gasteiger partial charge on any atom is 0.128 e. The van der Waals surface area contributed by atoms with Crippen LogP contribution in [0.5, 0.6) is 11.5 Å². The third-order valence-electron chi connectivity index (χ3n) is 6.53. The zero-order valence-electron chi connectivity index (χ0n) is 24.1. The third kappa shape index (κ3) is 7.40. The fraction of sp³-hybridized carbons (Fsp3) is 0.188. The second-order valence-corrected chi connectivity index (χ2v) is 21.1. The smallest absolute Gasteiger partial charge is 0.128 e. The molecule has 0 aliphatic heterocycles. The van der Waals surface area contributed by atoms with Crippen molar-refractivity contribution in [3.05, 3.63) is 90.5 Å². The predicted molar refractivity (Wildman–Crippen MR) is 178 cm³/mol. The van der Waals surface area contributed by atoms with E-state index in [1.807, 2.05) is 48.5 Å². The van der Waals surface area contributed by atoms with Crippen molar-refractivity contribution >= 4 is 65.2 Å². The van der Waals surface area contributed by atoms with Crippen LogP contribution in [-0.2, 0) is 25.5 Å². The molecule has 0 unspecified atom stereocenters. The van der Waals surface area contributed by atoms with E-state index in [9.17, 15) is 10.2 Å². The number of thiazole rings is 2. The summed E-state index contributed by atoms with van der Waals surface area (Å²) in [6.07, 6.45) is 0. The van der Waals surface area contributed by atoms with Crippen LogP contribution in [0.15, 0.2) is 84.9 Å². The van der Waals surface area contributed by atoms with Crippen molar-refractivity contribution in [2.75, 3.05) is 0 Å². The van der Waals surface area contributed by atoms with E-state index in [0.717, 1.165) is 47.6 Å². The normalized spacial score (nSPS) is 11.4. The molecular weight excluding hydrogens is 630 g/mol. The van der Waals surface area contributed by atoms with E-state index in [-0.39, 0.29) is 28.3 Å². The van der Waals surface area contributed by atoms with Crippen LogP contribution in [0.4, 0.5) is 0 Å². The SMILES string of the molecule is C[Si](C)(C)c1ccc(O)c(-c2nc3ccccc3s2)c1.C[Si](C)Cc1ccc(O)c(-c2nc3ccccc3s2)c1.[Zn]. The van der Waals surface area contributed by atoms with E-state index >= 15 is 0 Å². The Bertz CT molecular complexity index is 1730. The zero-order valence-corrected chi connectivity index (χ0v) is 30.7. The summed E-state index contributed by atoms with van der Waals surface area (Å²) < 4.78 is 2.31. The molecule has 9 heteroatoms. The molecule has 0 aliphatic carbocycles. The molecule has 0 atom stereocenters. The summed E-state index contributed by atoms with van der Waals surface area (Å²) >= 11 is 3.26. The fourth-order valence-corrected chi connectivity index (χ4v) is 8.60. The molecule has 6 rings (SSSR count). The molecule has 6 aromatic rings. The molecule has 0 saturated heterocycles. The van der Waals surface area contributed by atoms with Crippen molar-refractivity contribution in [1.82, 2.24) is 9.97 Å². The van der Waals surface area contributed by atoms with Crippen LogP contribution in [0.2, 0.25) is 32.7 Å². The molecule has 0 saturated carbocycles. The van der Waals surface area contributed by atoms with Gasteiger partial charge in [0.25, 0.3) is 0 Å². The molecule has 0 bridgehead atoms. The van der Waals surface area contributed by atoms with Crippen molar-refractivity contribution in [2.24, 2.45) is 0 Å². The zero-order chi connectivity index (χ0) is 28.4. The Hall–Kier alpha value is -2.68. The topological polar surface area (TPSA) is 66.2 Å². The van der Waals surface area contributed by atoms with Gasteiger partial charge in [0.2, 0.25) is 0 Å². The predicted octanol–water partition coefficient (Wildman–Crippen LogP) is 8.72. The quantitative estimate of drug-likeness (QED) is 0.181. The summed E-state index contributed by atoms with van der Waals surface area (Å²) in [5.41, 5.74) is 4.98. The Morgan fingerprint density at radius 3 is 1.66 bits per heavy atom. The Balaban J connectivity index is 0.000000184. The van der Waals surface area contributed by atoms with Crippen LogP contribution in [0.3, 0.4) is 0 Å². The van der Waals surface area contributed by atoms with Gasteiger partial charge in [-0.15, -0.1) is 22.7 Å². The van der Waals surface area contributed by atoms with Gasteiger partial charge in [-0.25, -0.2) is 9.97 Å². The van der Waals surface area contributed by atoms with Gasteiger partial charge in [-0.05, 0) is 60.1 Å². The minimum Gasteiger partial charge on any atom is -0.507 e. The number of benzene rings is 4. The van der Waals surface area contributed by atoms with E-state index in [1.165, 1.54) is 10.8 Å². The second kappa shape index (κ2) is 13.1. The molecule has 4 aromatic carbocycles. The van der Waals surface area contributed by atoms with Gasteiger partial charge in [0.05, 0.1) is 39.6 Å². The molecule has 2 heterocycles. The first kappa shape index (κ1) is 31.3. The van der Waals surface area contributed by atoms with E-state index < -0.39 is 8.07 Å². The summed E-state index contributed by atoms with van der Waals surface area (Å²) in [6, 6.07) is 29.1. The molecule has 1 radical (unpaired) electrons. The number of hydrogen-bond donors (Lipinski definition) is 2. The Morgan fingerprint density at radius 2 is 1.17 bits per heavy atom. The molecule has 4 nitrogen and oxygen atoms in total. The van der Waals surface area contributed by atoms with Gasteiger partial charge >= 0.3 is 0 Å². The molecular formula is C32H33N2O2S2Si2Zn. The summed E-state index contributed by atoms with van der Waals surface area (Å²) in [6.45, 7) is 11.5. The number of nitrogens with zero attached hydrogens (tertiary/aromatic N) is 2. The number of aromatic nitrogens is 2. The van der Waals surface area contributed by atoms with Gasteiger partial charge in [0.1, 0.15) is 21.5 Å². The van der Waals surface area contributed by atoms with Crippen LogP contribution in [0.25, 0.3) is 41.6 Å². The number of phenolic OH excluding ortho intramolecular Hbond substituents is 2. The summed E-state index contributed by atoms with van der Waals surface area (Å²) in [5, 5.41) is 23.4. The largest absolute Gasteiger partial charge is 0.507 e. The van der Waals surface area contributed by atoms with Crippen LogP contribution >= 0.6 is 22.7 Å². The average molecular weight is 663 g/mol. The standard InChI is InChI=1S/C16H17NOSSi.C16H16NOSSi.Zn/c1-20(2,3)11-8-9-14(18)12(10-11)16-17-13-6-4-5-7-15(13)19-16;1-20(2)10-11-7-8-14(18)12(9-11)16-17-13-5-3-4-6-15(13)19-16;/h4-10,18H,1-3H3;3-9,18H,10H2,1-2H3;. The fourth-order valence-electron chi connectivity index (χ4n) is 4.42. The number of para-hydroxylation sites is 2. The van der Waals surface area contributed by atoms with E-state index in [0.29, 0.717) is 11.5 Å². The van der Waals surface area contributed by atoms with Gasteiger partial charge in [-0.3, -0.25) is 0 Å². The van der Waals surface area contributed by atoms with Gasteiger partial charge in [0.15, 0.2) is 0 Å². The van der Waals surface area contributed by atoms with E-state index in [1.54, 1.807) is 34.8 Å². The summed E-state index contributed by atoms with van der Waals surface area (Å²) in [7, 11) is -1.71. The molecule has 2 N–H and O–H groups in total. The summed E-state index contributed by atoms with van der Waals surface area (Å²) in [5.74, 6) is 0.625. The maximum atomic E-state index is 10.2. The molecule has 2 aromatic heterocycles. The van der Waals surface area contributed by atoms with Crippen LogP contribution in [-0.4, -0.2) is 37.1 Å². The van der Waals surface area contributed by atoms with E-state index in [4.69, 9.17) is 0 Å². The van der Waals surface area contributed by atoms with Gasteiger partial charge in [-0.1, -0.05) is 74.3 Å². The van der Waals surface area contributed by atoms with Crippen LogP contribution in [0.1, 0.15) is 5.56 Å². The number of fused-ring (bicyclic) bond motifs is 2. The Labute approximate surface area is 265 Å². The minimum atomic E-state index is -1.39. The molecule has 0 spiro atoms. The maximum absolute atomic E-state index is 10.2. The third-order valence-corrected chi connectivity index (χ3v) is 11.8. The molecule has 0 amide bonds. The Morgan fingerprint density at radius 1 is 0.683 bits per heavy atom. The van der Waals surface area contributed by atoms with Gasteiger partial charge < -0.3 is 10.2 Å². The summed E-state index contributed by atoms with van der Waals surface area (Å²) in [4.78, 5) is 9.27. The number of aromatic hydroxyl groups is 2. The number of hydrogen-bond acceptors (Lipinski definition) is 6. The van der Waals surface area contributed by atoms with Crippen molar-refractivity contribution in [3.8, 4) is 32.6 Å². The van der Waals surface area contributed by atoms with Crippen LogP contribution < -0.4 is 5.19 Å². The van der Waals surface area contributed by atoms with Crippen molar-refractivity contribution in [2.45, 2.75) is 38.8 Å². The van der Waals surface area contributed by atoms with Gasteiger partial charge in [0, 0.05) is 28.3 Å². The molecule has 0 fully saturated rings. The van der Waals surface area contributed by atoms with Crippen molar-refractivity contribution in [1.29, 1.82) is 0 Å². The molecule has 41 heavy (non-hydrogen) atoms. The average Bonchev–Trinajstić information content (AvgIpc) is 3.54. The number of rotatable bonds is 5. The molecule has 0 aliphatic rings. The Kier molecular flexibility index (Phi) is 9.98. The first-order chi connectivity index (χ1) is 19.1. The molecule has 205 valence electrons. The van der Waals surface area contributed by atoms with Crippen molar-refractivity contribution < 1.29 is 29.7 Å². The monoisotopic (exact) mass is 661 g/mol. The first-order valence-electron chi connectivity index (χ1n) is 13.2. The van der Waals surface area contributed by atoms with Crippen molar-refractivity contribution in [3.63, 3.8) is 0 Å². The second-order valence-electron chi connectivity index (χ2n) is 11.2. The van der Waals surface area contributed by atoms with Crippen LogP contribution in [0, 0.1) is 0 Å². The van der Waals surface area contributed by atoms with E-state index in [2.05, 4.69) is 67.0 Å².